The summed E-state index contributed by atoms with van der Waals surface area (Å²) in [6, 6.07) is 8.65. The maximum Gasteiger partial charge on any atom is 0.341 e. The van der Waals surface area contributed by atoms with Crippen molar-refractivity contribution in [2.75, 3.05) is 17.3 Å². The lowest BCUT2D eigenvalue weighted by Crippen LogP contribution is -2.38. The number of nitrogens with one attached hydrogen (secondary N) is 1. The van der Waals surface area contributed by atoms with Gasteiger partial charge in [0.25, 0.3) is 0 Å². The Hall–Kier alpha value is -1.92. The minimum atomic E-state index is -0.276. The Morgan fingerprint density at radius 1 is 1.30 bits per heavy atom. The molecule has 142 valence electrons. The second kappa shape index (κ2) is 7.24. The molecule has 1 aromatic heterocycles. The smallest absolute Gasteiger partial charge is 0.341 e. The molecule has 0 amide bonds. The van der Waals surface area contributed by atoms with Gasteiger partial charge in [-0.1, -0.05) is 25.1 Å². The van der Waals surface area contributed by atoms with Gasteiger partial charge < -0.3 is 15.0 Å². The lowest BCUT2D eigenvalue weighted by Gasteiger charge is -2.26. The van der Waals surface area contributed by atoms with Crippen LogP contribution >= 0.6 is 23.6 Å². The second-order valence-corrected chi connectivity index (χ2v) is 9.02. The van der Waals surface area contributed by atoms with Crippen molar-refractivity contribution in [3.63, 3.8) is 0 Å². The first-order valence-electron chi connectivity index (χ1n) is 9.40. The molecule has 1 N–H and O–H groups in total. The summed E-state index contributed by atoms with van der Waals surface area (Å²) in [6.45, 7) is 4.44. The number of para-hydroxylation sites is 1. The van der Waals surface area contributed by atoms with E-state index in [1.54, 1.807) is 11.3 Å². The summed E-state index contributed by atoms with van der Waals surface area (Å²) >= 11 is 7.42. The number of benzene rings is 1. The highest BCUT2D eigenvalue weighted by molar-refractivity contribution is 7.80. The highest BCUT2D eigenvalue weighted by Crippen LogP contribution is 2.41. The number of hydrogen-bond donors (Lipinski definition) is 1. The average molecular weight is 401 g/mol. The summed E-state index contributed by atoms with van der Waals surface area (Å²) in [4.78, 5) is 15.9. The Labute approximate surface area is 169 Å². The number of thiocarbonyl (C=S) groups is 1. The third-order valence-corrected chi connectivity index (χ3v) is 7.02. The van der Waals surface area contributed by atoms with Crippen LogP contribution in [-0.4, -0.2) is 24.2 Å². The van der Waals surface area contributed by atoms with E-state index < -0.39 is 0 Å². The fourth-order valence-corrected chi connectivity index (χ4v) is 6.03. The molecule has 1 aromatic carbocycles. The maximum absolute atomic E-state index is 12.5. The number of esters is 1. The largest absolute Gasteiger partial charge is 0.465 e. The Balaban J connectivity index is 1.66. The molecule has 0 spiro atoms. The molecule has 0 bridgehead atoms. The molecule has 2 heterocycles. The van der Waals surface area contributed by atoms with Gasteiger partial charge in [-0.2, -0.15) is 0 Å². The van der Waals surface area contributed by atoms with Crippen LogP contribution in [0.5, 0.6) is 0 Å². The molecule has 0 radical (unpaired) electrons. The third-order valence-electron chi connectivity index (χ3n) is 5.55. The van der Waals surface area contributed by atoms with Gasteiger partial charge in [0, 0.05) is 16.6 Å². The molecule has 0 saturated heterocycles. The van der Waals surface area contributed by atoms with Gasteiger partial charge in [0.05, 0.1) is 12.7 Å². The fraction of sp³-hybridized carbons (Fsp3) is 0.429. The molecule has 6 heteroatoms. The van der Waals surface area contributed by atoms with Crippen LogP contribution in [0.1, 0.15) is 46.6 Å². The number of ether oxygens (including phenoxy) is 1. The monoisotopic (exact) mass is 400 g/mol. The lowest BCUT2D eigenvalue weighted by molar-refractivity contribution is 0.0601. The van der Waals surface area contributed by atoms with E-state index in [0.29, 0.717) is 22.6 Å². The van der Waals surface area contributed by atoms with Gasteiger partial charge in [-0.25, -0.2) is 4.79 Å². The summed E-state index contributed by atoms with van der Waals surface area (Å²) in [6.07, 6.45) is 4.02. The number of hydrogen-bond acceptors (Lipinski definition) is 4. The van der Waals surface area contributed by atoms with Crippen molar-refractivity contribution in [3.05, 3.63) is 45.8 Å². The van der Waals surface area contributed by atoms with Crippen molar-refractivity contribution in [2.24, 2.45) is 5.92 Å². The van der Waals surface area contributed by atoms with Gasteiger partial charge >= 0.3 is 5.97 Å². The summed E-state index contributed by atoms with van der Waals surface area (Å²) in [5.41, 5.74) is 4.27. The van der Waals surface area contributed by atoms with Crippen LogP contribution in [0.15, 0.2) is 24.3 Å². The number of thiophene rings is 1. The zero-order valence-corrected chi connectivity index (χ0v) is 17.5. The summed E-state index contributed by atoms with van der Waals surface area (Å²) < 4.78 is 5.08. The first kappa shape index (κ1) is 18.4. The van der Waals surface area contributed by atoms with E-state index >= 15 is 0 Å². The SMILES string of the molecule is COC(=O)c1c(NC(=S)N2c3ccccc3C[C@@H]2C)sc2c1CC[C@@H](C)C2. The van der Waals surface area contributed by atoms with Crippen LogP contribution in [0.4, 0.5) is 10.7 Å². The van der Waals surface area contributed by atoms with Crippen molar-refractivity contribution < 1.29 is 9.53 Å². The number of carbonyl (C=O) groups excluding carboxylic acids is 1. The normalized spacial score (nSPS) is 20.8. The molecule has 1 aliphatic carbocycles. The van der Waals surface area contributed by atoms with Gasteiger partial charge in [0.15, 0.2) is 5.11 Å². The number of fused-ring (bicyclic) bond motifs is 2. The molecule has 0 saturated carbocycles. The van der Waals surface area contributed by atoms with E-state index in [1.165, 1.54) is 17.6 Å². The molecule has 4 nitrogen and oxygen atoms in total. The molecule has 2 aliphatic rings. The third kappa shape index (κ3) is 3.25. The number of rotatable bonds is 2. The predicted octanol–water partition coefficient (Wildman–Crippen LogP) is 4.81. The lowest BCUT2D eigenvalue weighted by atomic mass is 9.88. The fourth-order valence-electron chi connectivity index (χ4n) is 4.19. The Bertz CT molecular complexity index is 906. The first-order chi connectivity index (χ1) is 13.0. The molecule has 2 aromatic rings. The summed E-state index contributed by atoms with van der Waals surface area (Å²) in [5.74, 6) is 0.370. The number of carbonyl (C=O) groups is 1. The number of anilines is 2. The van der Waals surface area contributed by atoms with Crippen molar-refractivity contribution in [1.82, 2.24) is 0 Å². The van der Waals surface area contributed by atoms with Crippen LogP contribution in [0.2, 0.25) is 0 Å². The zero-order chi connectivity index (χ0) is 19.1. The van der Waals surface area contributed by atoms with E-state index in [1.807, 2.05) is 6.07 Å². The molecule has 0 fully saturated rings. The maximum atomic E-state index is 12.5. The zero-order valence-electron chi connectivity index (χ0n) is 15.9. The molecule has 27 heavy (non-hydrogen) atoms. The van der Waals surface area contributed by atoms with Crippen LogP contribution in [0.3, 0.4) is 0 Å². The predicted molar refractivity (Wildman–Crippen MR) is 115 cm³/mol. The highest BCUT2D eigenvalue weighted by Gasteiger charge is 2.32. The second-order valence-electron chi connectivity index (χ2n) is 7.53. The van der Waals surface area contributed by atoms with E-state index in [2.05, 4.69) is 42.3 Å². The van der Waals surface area contributed by atoms with Gasteiger partial charge in [-0.05, 0) is 67.9 Å². The van der Waals surface area contributed by atoms with Crippen LogP contribution in [-0.2, 0) is 24.0 Å². The number of nitrogens with zero attached hydrogens (tertiary/aromatic N) is 1. The van der Waals surface area contributed by atoms with E-state index in [4.69, 9.17) is 17.0 Å². The van der Waals surface area contributed by atoms with Gasteiger partial charge in [0.2, 0.25) is 0 Å². The molecule has 1 aliphatic heterocycles. The minimum absolute atomic E-state index is 0.276. The summed E-state index contributed by atoms with van der Waals surface area (Å²) in [5, 5.41) is 4.85. The van der Waals surface area contributed by atoms with Crippen molar-refractivity contribution in [1.29, 1.82) is 0 Å². The minimum Gasteiger partial charge on any atom is -0.465 e. The van der Waals surface area contributed by atoms with Crippen LogP contribution in [0, 0.1) is 5.92 Å². The van der Waals surface area contributed by atoms with Gasteiger partial charge in [-0.3, -0.25) is 0 Å². The van der Waals surface area contributed by atoms with E-state index in [9.17, 15) is 4.79 Å². The Morgan fingerprint density at radius 2 is 2.07 bits per heavy atom. The molecule has 0 unspecified atom stereocenters. The highest BCUT2D eigenvalue weighted by atomic mass is 32.1. The number of methoxy groups -OCH3 is 1. The Morgan fingerprint density at radius 3 is 2.85 bits per heavy atom. The molecule has 2 atom stereocenters. The van der Waals surface area contributed by atoms with Crippen LogP contribution in [0.25, 0.3) is 0 Å². The molecular weight excluding hydrogens is 376 g/mol. The standard InChI is InChI=1S/C21H24N2O2S2/c1-12-8-9-15-17(10-12)27-19(18(15)20(24)25-3)22-21(26)23-13(2)11-14-6-4-5-7-16(14)23/h4-7,12-13H,8-11H2,1-3H3,(H,22,26)/t12-,13+/m1/s1. The van der Waals surface area contributed by atoms with E-state index in [-0.39, 0.29) is 5.97 Å². The van der Waals surface area contributed by atoms with Gasteiger partial charge in [-0.15, -0.1) is 11.3 Å². The topological polar surface area (TPSA) is 41.6 Å². The average Bonchev–Trinajstić information content (AvgIpc) is 3.16. The first-order valence-corrected chi connectivity index (χ1v) is 10.6. The quantitative estimate of drug-likeness (QED) is 0.579. The Kier molecular flexibility index (Phi) is 4.95. The van der Waals surface area contributed by atoms with Crippen molar-refractivity contribution >= 4 is 45.3 Å². The molecular formula is C21H24N2O2S2. The molecule has 4 rings (SSSR count). The van der Waals surface area contributed by atoms with Crippen molar-refractivity contribution in [2.45, 2.75) is 45.6 Å². The van der Waals surface area contributed by atoms with E-state index in [0.717, 1.165) is 41.9 Å². The van der Waals surface area contributed by atoms with Crippen molar-refractivity contribution in [3.8, 4) is 0 Å². The summed E-state index contributed by atoms with van der Waals surface area (Å²) in [7, 11) is 1.44. The van der Waals surface area contributed by atoms with Crippen LogP contribution < -0.4 is 10.2 Å². The van der Waals surface area contributed by atoms with Gasteiger partial charge in [0.1, 0.15) is 5.00 Å².